The van der Waals surface area contributed by atoms with Gasteiger partial charge in [0.1, 0.15) is 49.3 Å². The van der Waals surface area contributed by atoms with Gasteiger partial charge in [-0.05, 0) is 80.5 Å². The van der Waals surface area contributed by atoms with Crippen LogP contribution in [0.15, 0.2) is 36.5 Å². The van der Waals surface area contributed by atoms with Gasteiger partial charge in [0.25, 0.3) is 0 Å². The maximum Gasteiger partial charge on any atom is 0.410 e. The van der Waals surface area contributed by atoms with Crippen LogP contribution in [0.1, 0.15) is 132 Å². The SMILES string of the molecule is CCCCC(CC)C1Nc2c(N[C@H]3O[C@@H](C)[C@H](NC(=O)CN(C)C(=O)OCc4ccc(NC(=O)[C@H](C)NC(=O)[C@@H](NC(=O)CCN5C(=O)CC(C(C)(CC)CCCC)C5=O)C(C)C)cc4)[C@@H](O)[C@H]3O)ccnc2N1C. The number of imide groups is 1. The molecule has 21 heteroatoms. The van der Waals surface area contributed by atoms with Crippen molar-refractivity contribution in [2.24, 2.45) is 23.2 Å². The van der Waals surface area contributed by atoms with Gasteiger partial charge in [-0.3, -0.25) is 33.7 Å². The van der Waals surface area contributed by atoms with Crippen LogP contribution in [0.5, 0.6) is 0 Å². The predicted octanol–water partition coefficient (Wildman–Crippen LogP) is 5.07. The maximum atomic E-state index is 13.4. The molecular formula is C54H84N10O11. The summed E-state index contributed by atoms with van der Waals surface area (Å²) in [5.41, 5.74) is 2.10. The molecule has 3 aliphatic rings. The first-order valence-electron chi connectivity index (χ1n) is 26.8. The molecule has 7 amide bonds. The lowest BCUT2D eigenvalue weighted by molar-refractivity contribution is -0.172. The quantitative estimate of drug-likeness (QED) is 0.0572. The summed E-state index contributed by atoms with van der Waals surface area (Å²) in [5.74, 6) is -2.40. The standard InChI is InChI=1S/C54H84N10O11/c1-12-16-18-35(14-3)47-61-44-38(23-26-55-48(44)63(47)11)58-51-46(69)45(68)43(33(8)75-51)60-40(66)29-62(10)53(73)74-30-34-19-21-36(22-20-34)57-49(70)32(7)56-50(71)42(31(5)6)59-39(65)24-27-64-41(67)28-37(52(64)72)54(9,15-4)25-17-13-2/h19-23,26,31-33,35,37,42-43,45-47,51,61,68-69H,12-18,24-25,27-30H2,1-11H3,(H,55,58)(H,56,71)(H,57,70)(H,59,65)(H,60,66)/t32-,33-,35?,37?,42-,43-,45+,46+,47?,51-,54?/m0/s1. The Balaban J connectivity index is 1.03. The van der Waals surface area contributed by atoms with Gasteiger partial charge in [-0.25, -0.2) is 9.78 Å². The van der Waals surface area contributed by atoms with Crippen LogP contribution in [0, 0.1) is 23.2 Å². The van der Waals surface area contributed by atoms with Gasteiger partial charge in [-0.2, -0.15) is 0 Å². The zero-order valence-electron chi connectivity index (χ0n) is 45.9. The molecule has 11 atom stereocenters. The Bertz CT molecular complexity index is 2300. The van der Waals surface area contributed by atoms with Crippen molar-refractivity contribution >= 4 is 64.4 Å². The van der Waals surface area contributed by atoms with Crippen molar-refractivity contribution in [1.82, 2.24) is 30.7 Å². The minimum atomic E-state index is -1.43. The number of likely N-dealkylation sites (N-methyl/N-ethyl adjacent to an activating group) is 1. The monoisotopic (exact) mass is 1050 g/mol. The van der Waals surface area contributed by atoms with Crippen molar-refractivity contribution in [1.29, 1.82) is 0 Å². The number of hydrogen-bond donors (Lipinski definition) is 8. The van der Waals surface area contributed by atoms with Gasteiger partial charge in [0.05, 0.1) is 23.8 Å². The molecule has 0 bridgehead atoms. The van der Waals surface area contributed by atoms with E-state index in [9.17, 15) is 43.8 Å². The van der Waals surface area contributed by atoms with E-state index in [0.717, 1.165) is 67.8 Å². The average Bonchev–Trinajstić information content (AvgIpc) is 3.88. The number of benzene rings is 1. The molecule has 0 spiro atoms. The van der Waals surface area contributed by atoms with Crippen LogP contribution in [0.4, 0.5) is 27.7 Å². The lowest BCUT2D eigenvalue weighted by atomic mass is 9.71. The Labute approximate surface area is 442 Å². The average molecular weight is 1050 g/mol. The molecule has 2 fully saturated rings. The van der Waals surface area contributed by atoms with Gasteiger partial charge in [0, 0.05) is 45.4 Å². The van der Waals surface area contributed by atoms with Crippen LogP contribution < -0.4 is 36.8 Å². The Kier molecular flexibility index (Phi) is 21.6. The summed E-state index contributed by atoms with van der Waals surface area (Å²) in [6.45, 7) is 16.5. The minimum absolute atomic E-state index is 0.0445. The number of aliphatic hydroxyl groups is 2. The molecule has 0 saturated carbocycles. The van der Waals surface area contributed by atoms with Crippen LogP contribution >= 0.6 is 0 Å². The summed E-state index contributed by atoms with van der Waals surface area (Å²) in [4.78, 5) is 101. The van der Waals surface area contributed by atoms with E-state index in [1.54, 1.807) is 57.3 Å². The zero-order valence-corrected chi connectivity index (χ0v) is 45.9. The molecule has 1 aromatic carbocycles. The number of hydrogen-bond acceptors (Lipinski definition) is 15. The molecule has 75 heavy (non-hydrogen) atoms. The number of pyridine rings is 1. The van der Waals surface area contributed by atoms with Crippen LogP contribution in [-0.2, 0) is 44.8 Å². The lowest BCUT2D eigenvalue weighted by Gasteiger charge is -2.42. The van der Waals surface area contributed by atoms with E-state index in [0.29, 0.717) is 22.9 Å². The van der Waals surface area contributed by atoms with Crippen molar-refractivity contribution in [2.45, 2.75) is 182 Å². The smallest absolute Gasteiger partial charge is 0.410 e. The highest BCUT2D eigenvalue weighted by Gasteiger charge is 2.48. The number of rotatable bonds is 26. The number of nitrogens with one attached hydrogen (secondary N) is 6. The molecule has 4 unspecified atom stereocenters. The van der Waals surface area contributed by atoms with Gasteiger partial charge >= 0.3 is 6.09 Å². The Hall–Kier alpha value is -6.06. The number of unbranched alkanes of at least 4 members (excludes halogenated alkanes) is 2. The Morgan fingerprint density at radius 1 is 0.960 bits per heavy atom. The van der Waals surface area contributed by atoms with E-state index in [1.165, 1.54) is 18.9 Å². The molecule has 416 valence electrons. The molecule has 0 radical (unpaired) electrons. The van der Waals surface area contributed by atoms with Crippen LogP contribution in [0.25, 0.3) is 0 Å². The number of carbonyl (C=O) groups is 7. The van der Waals surface area contributed by atoms with Gasteiger partial charge < -0.3 is 61.4 Å². The minimum Gasteiger partial charge on any atom is -0.445 e. The van der Waals surface area contributed by atoms with E-state index in [4.69, 9.17) is 9.47 Å². The van der Waals surface area contributed by atoms with Crippen LogP contribution in [0.2, 0.25) is 0 Å². The summed E-state index contributed by atoms with van der Waals surface area (Å²) in [5, 5.41) is 40.1. The second-order valence-electron chi connectivity index (χ2n) is 21.2. The summed E-state index contributed by atoms with van der Waals surface area (Å²) < 4.78 is 11.5. The lowest BCUT2D eigenvalue weighted by Crippen LogP contribution is -2.64. The second kappa shape index (κ2) is 27.1. The van der Waals surface area contributed by atoms with E-state index in [1.807, 2.05) is 20.9 Å². The number of aliphatic hydroxyl groups excluding tert-OH is 2. The highest BCUT2D eigenvalue weighted by molar-refractivity contribution is 6.04. The number of likely N-dealkylation sites (tertiary alicyclic amines) is 1. The van der Waals surface area contributed by atoms with Crippen molar-refractivity contribution in [3.63, 3.8) is 0 Å². The third-order valence-electron chi connectivity index (χ3n) is 15.2. The topological polar surface area (TPSA) is 273 Å². The largest absolute Gasteiger partial charge is 0.445 e. The number of fused-ring (bicyclic) bond motifs is 1. The van der Waals surface area contributed by atoms with Crippen molar-refractivity contribution in [2.75, 3.05) is 48.0 Å². The first-order valence-corrected chi connectivity index (χ1v) is 26.8. The van der Waals surface area contributed by atoms with Crippen molar-refractivity contribution < 1.29 is 53.2 Å². The summed E-state index contributed by atoms with van der Waals surface area (Å²) in [6.07, 6.45) is 4.11. The summed E-state index contributed by atoms with van der Waals surface area (Å²) in [6, 6.07) is 5.24. The normalized spacial score (nSPS) is 23.3. The Morgan fingerprint density at radius 3 is 2.29 bits per heavy atom. The fourth-order valence-electron chi connectivity index (χ4n) is 10.1. The van der Waals surface area contributed by atoms with Gasteiger partial charge in [-0.1, -0.05) is 86.3 Å². The molecule has 5 rings (SSSR count). The highest BCUT2D eigenvalue weighted by Crippen LogP contribution is 2.43. The third-order valence-corrected chi connectivity index (χ3v) is 15.2. The first kappa shape index (κ1) is 59.8. The highest BCUT2D eigenvalue weighted by atomic mass is 16.6. The molecule has 3 aliphatic heterocycles. The number of anilines is 4. The molecule has 4 heterocycles. The van der Waals surface area contributed by atoms with E-state index in [-0.39, 0.29) is 55.3 Å². The molecule has 1 aromatic heterocycles. The molecule has 21 nitrogen and oxygen atoms in total. The fourth-order valence-corrected chi connectivity index (χ4v) is 10.1. The number of aromatic nitrogens is 1. The summed E-state index contributed by atoms with van der Waals surface area (Å²) >= 11 is 0. The van der Waals surface area contributed by atoms with Crippen LogP contribution in [0.3, 0.4) is 0 Å². The van der Waals surface area contributed by atoms with Gasteiger partial charge in [0.15, 0.2) is 12.0 Å². The molecule has 8 N–H and O–H groups in total. The molecule has 2 aromatic rings. The molecule has 0 aliphatic carbocycles. The van der Waals surface area contributed by atoms with Gasteiger partial charge in [0.2, 0.25) is 35.4 Å². The zero-order chi connectivity index (χ0) is 55.3. The molecular weight excluding hydrogens is 965 g/mol. The van der Waals surface area contributed by atoms with E-state index < -0.39 is 84.8 Å². The fraction of sp³-hybridized carbons (Fsp3) is 0.667. The number of amides is 7. The van der Waals surface area contributed by atoms with Crippen molar-refractivity contribution in [3.05, 3.63) is 42.1 Å². The second-order valence-corrected chi connectivity index (χ2v) is 21.2. The Morgan fingerprint density at radius 2 is 1.65 bits per heavy atom. The third kappa shape index (κ3) is 15.1. The first-order chi connectivity index (χ1) is 35.6. The summed E-state index contributed by atoms with van der Waals surface area (Å²) in [7, 11) is 3.39. The van der Waals surface area contributed by atoms with Gasteiger partial charge in [-0.15, -0.1) is 0 Å². The predicted molar refractivity (Wildman–Crippen MR) is 285 cm³/mol. The van der Waals surface area contributed by atoms with Crippen molar-refractivity contribution in [3.8, 4) is 0 Å². The number of ether oxygens (including phenoxy) is 2. The molecule has 2 saturated heterocycles. The van der Waals surface area contributed by atoms with E-state index >= 15 is 0 Å². The maximum absolute atomic E-state index is 13.4. The number of carbonyl (C=O) groups excluding carboxylic acids is 7. The van der Waals surface area contributed by atoms with Crippen LogP contribution in [-0.4, -0.2) is 143 Å². The van der Waals surface area contributed by atoms with E-state index in [2.05, 4.69) is 62.6 Å². The number of nitrogens with zero attached hydrogens (tertiary/aromatic N) is 4.